The Morgan fingerprint density at radius 1 is 0.516 bits per heavy atom. The normalized spacial score (nSPS) is 10.7. The van der Waals surface area contributed by atoms with E-state index in [2.05, 4.69) is 97.9 Å². The van der Waals surface area contributed by atoms with Gasteiger partial charge in [-0.15, -0.1) is 0 Å². The number of rotatable bonds is 3. The lowest BCUT2D eigenvalue weighted by Gasteiger charge is -2.13. The largest absolute Gasteiger partial charge is 0.192 e. The number of nitriles is 1. The van der Waals surface area contributed by atoms with Gasteiger partial charge in [0.2, 0.25) is 0 Å². The van der Waals surface area contributed by atoms with Crippen molar-refractivity contribution < 1.29 is 0 Å². The van der Waals surface area contributed by atoms with Gasteiger partial charge in [0.15, 0.2) is 0 Å². The minimum Gasteiger partial charge on any atom is -0.192 e. The van der Waals surface area contributed by atoms with E-state index in [-0.39, 0.29) is 0 Å². The molecule has 0 saturated heterocycles. The van der Waals surface area contributed by atoms with Gasteiger partial charge in [-0.3, -0.25) is 0 Å². The fourth-order valence-electron chi connectivity index (χ4n) is 4.22. The molecular weight excluding hydrogens is 374 g/mol. The van der Waals surface area contributed by atoms with E-state index < -0.39 is 0 Å². The second-order valence-electron chi connectivity index (χ2n) is 7.81. The molecule has 0 aliphatic rings. The molecule has 1 heteroatoms. The van der Waals surface area contributed by atoms with Crippen molar-refractivity contribution in [1.82, 2.24) is 0 Å². The summed E-state index contributed by atoms with van der Waals surface area (Å²) in [6, 6.07) is 40.3. The number of hydrogen-bond acceptors (Lipinski definition) is 1. The molecule has 0 aromatic heterocycles. The summed E-state index contributed by atoms with van der Waals surface area (Å²) in [4.78, 5) is 0. The Morgan fingerprint density at radius 2 is 1.00 bits per heavy atom. The van der Waals surface area contributed by atoms with Gasteiger partial charge in [0.05, 0.1) is 11.6 Å². The number of hydrogen-bond donors (Lipinski definition) is 0. The van der Waals surface area contributed by atoms with Crippen LogP contribution in [0.15, 0.2) is 109 Å². The first kappa shape index (κ1) is 18.9. The lowest BCUT2D eigenvalue weighted by atomic mass is 9.90. The molecule has 0 fully saturated rings. The summed E-state index contributed by atoms with van der Waals surface area (Å²) >= 11 is 0. The SMILES string of the molecule is Cc1ccc(-c2cccc3cccc(-c4ccc(-c5ccccc5C#N)cc4)c23)cc1. The highest BCUT2D eigenvalue weighted by Gasteiger charge is 2.11. The average molecular weight is 396 g/mol. The highest BCUT2D eigenvalue weighted by Crippen LogP contribution is 2.37. The van der Waals surface area contributed by atoms with E-state index in [1.54, 1.807) is 0 Å². The minimum absolute atomic E-state index is 0.696. The lowest BCUT2D eigenvalue weighted by Crippen LogP contribution is -1.88. The predicted octanol–water partition coefficient (Wildman–Crippen LogP) is 8.02. The van der Waals surface area contributed by atoms with E-state index in [4.69, 9.17) is 0 Å². The first-order valence-corrected chi connectivity index (χ1v) is 10.4. The van der Waals surface area contributed by atoms with Gasteiger partial charge in [0.25, 0.3) is 0 Å². The summed E-state index contributed by atoms with van der Waals surface area (Å²) in [5.74, 6) is 0. The fraction of sp³-hybridized carbons (Fsp3) is 0.0333. The van der Waals surface area contributed by atoms with Crippen molar-refractivity contribution in [3.8, 4) is 39.4 Å². The van der Waals surface area contributed by atoms with Crippen LogP contribution in [0.5, 0.6) is 0 Å². The van der Waals surface area contributed by atoms with Gasteiger partial charge in [0, 0.05) is 0 Å². The molecule has 0 heterocycles. The summed E-state index contributed by atoms with van der Waals surface area (Å²) in [5.41, 5.74) is 8.83. The van der Waals surface area contributed by atoms with Gasteiger partial charge in [-0.2, -0.15) is 5.26 Å². The molecule has 0 N–H and O–H groups in total. The molecule has 0 aliphatic heterocycles. The van der Waals surface area contributed by atoms with Crippen LogP contribution < -0.4 is 0 Å². The molecule has 0 amide bonds. The molecule has 0 unspecified atom stereocenters. The van der Waals surface area contributed by atoms with Gasteiger partial charge in [-0.1, -0.05) is 109 Å². The molecule has 146 valence electrons. The maximum absolute atomic E-state index is 9.44. The maximum Gasteiger partial charge on any atom is 0.0998 e. The quantitative estimate of drug-likeness (QED) is 0.303. The van der Waals surface area contributed by atoms with Crippen molar-refractivity contribution in [2.75, 3.05) is 0 Å². The van der Waals surface area contributed by atoms with Gasteiger partial charge in [-0.25, -0.2) is 0 Å². The van der Waals surface area contributed by atoms with Crippen molar-refractivity contribution in [1.29, 1.82) is 5.26 Å². The Kier molecular flexibility index (Phi) is 4.83. The van der Waals surface area contributed by atoms with E-state index in [1.165, 1.54) is 38.6 Å². The molecular formula is C30H21N. The van der Waals surface area contributed by atoms with Crippen LogP contribution in [0.25, 0.3) is 44.2 Å². The van der Waals surface area contributed by atoms with E-state index in [0.29, 0.717) is 5.56 Å². The Hall–Kier alpha value is -4.15. The third-order valence-corrected chi connectivity index (χ3v) is 5.82. The summed E-state index contributed by atoms with van der Waals surface area (Å²) in [5, 5.41) is 11.9. The Balaban J connectivity index is 1.66. The Morgan fingerprint density at radius 3 is 1.58 bits per heavy atom. The molecule has 0 saturated carbocycles. The Labute approximate surface area is 182 Å². The van der Waals surface area contributed by atoms with E-state index in [9.17, 15) is 5.26 Å². The number of benzene rings is 5. The zero-order chi connectivity index (χ0) is 21.2. The second kappa shape index (κ2) is 7.94. The summed E-state index contributed by atoms with van der Waals surface area (Å²) in [7, 11) is 0. The third kappa shape index (κ3) is 3.50. The molecule has 0 aliphatic carbocycles. The molecule has 5 rings (SSSR count). The van der Waals surface area contributed by atoms with Gasteiger partial charge in [-0.05, 0) is 57.1 Å². The molecule has 0 radical (unpaired) electrons. The third-order valence-electron chi connectivity index (χ3n) is 5.82. The maximum atomic E-state index is 9.44. The zero-order valence-corrected chi connectivity index (χ0v) is 17.3. The zero-order valence-electron chi connectivity index (χ0n) is 17.3. The fourth-order valence-corrected chi connectivity index (χ4v) is 4.22. The minimum atomic E-state index is 0.696. The van der Waals surface area contributed by atoms with Crippen LogP contribution in [0.1, 0.15) is 11.1 Å². The van der Waals surface area contributed by atoms with Gasteiger partial charge >= 0.3 is 0 Å². The van der Waals surface area contributed by atoms with Crippen LogP contribution in [-0.4, -0.2) is 0 Å². The topological polar surface area (TPSA) is 23.8 Å². The average Bonchev–Trinajstić information content (AvgIpc) is 2.84. The van der Waals surface area contributed by atoms with Crippen LogP contribution in [0, 0.1) is 18.3 Å². The first-order valence-electron chi connectivity index (χ1n) is 10.4. The van der Waals surface area contributed by atoms with Crippen molar-refractivity contribution in [3.63, 3.8) is 0 Å². The summed E-state index contributed by atoms with van der Waals surface area (Å²) < 4.78 is 0. The van der Waals surface area contributed by atoms with Gasteiger partial charge < -0.3 is 0 Å². The number of fused-ring (bicyclic) bond motifs is 1. The monoisotopic (exact) mass is 395 g/mol. The van der Waals surface area contributed by atoms with Crippen molar-refractivity contribution in [3.05, 3.63) is 120 Å². The van der Waals surface area contributed by atoms with Crippen molar-refractivity contribution >= 4 is 10.8 Å². The summed E-state index contributed by atoms with van der Waals surface area (Å²) in [6.45, 7) is 2.12. The van der Waals surface area contributed by atoms with Crippen molar-refractivity contribution in [2.45, 2.75) is 6.92 Å². The number of nitrogens with zero attached hydrogens (tertiary/aromatic N) is 1. The van der Waals surface area contributed by atoms with E-state index in [0.717, 1.165) is 11.1 Å². The van der Waals surface area contributed by atoms with Crippen molar-refractivity contribution in [2.24, 2.45) is 0 Å². The molecule has 0 bridgehead atoms. The van der Waals surface area contributed by atoms with Crippen LogP contribution in [0.3, 0.4) is 0 Å². The van der Waals surface area contributed by atoms with E-state index in [1.807, 2.05) is 24.3 Å². The molecule has 1 nitrogen and oxygen atoms in total. The molecule has 5 aromatic carbocycles. The highest BCUT2D eigenvalue weighted by molar-refractivity contribution is 6.06. The van der Waals surface area contributed by atoms with Crippen LogP contribution >= 0.6 is 0 Å². The van der Waals surface area contributed by atoms with Crippen LogP contribution in [0.2, 0.25) is 0 Å². The second-order valence-corrected chi connectivity index (χ2v) is 7.81. The molecule has 0 atom stereocenters. The molecule has 0 spiro atoms. The van der Waals surface area contributed by atoms with Crippen LogP contribution in [-0.2, 0) is 0 Å². The smallest absolute Gasteiger partial charge is 0.0998 e. The van der Waals surface area contributed by atoms with Crippen LogP contribution in [0.4, 0.5) is 0 Å². The standard InChI is InChI=1S/C30H21N/c1-21-12-14-23(15-13-21)28-10-4-7-25-8-5-11-29(30(25)28)24-18-16-22(17-19-24)27-9-3-2-6-26(27)20-31/h2-19H,1H3. The van der Waals surface area contributed by atoms with Gasteiger partial charge in [0.1, 0.15) is 0 Å². The highest BCUT2D eigenvalue weighted by atomic mass is 14.2. The summed E-state index contributed by atoms with van der Waals surface area (Å²) in [6.07, 6.45) is 0. The Bertz CT molecular complexity index is 1410. The molecule has 5 aromatic rings. The first-order chi connectivity index (χ1) is 15.2. The lowest BCUT2D eigenvalue weighted by molar-refractivity contribution is 1.47. The van der Waals surface area contributed by atoms with E-state index >= 15 is 0 Å². The number of aryl methyl sites for hydroxylation is 1. The molecule has 31 heavy (non-hydrogen) atoms. The predicted molar refractivity (Wildman–Crippen MR) is 130 cm³/mol.